The lowest BCUT2D eigenvalue weighted by atomic mass is 10.1. The van der Waals surface area contributed by atoms with Gasteiger partial charge in [-0.1, -0.05) is 0 Å². The Bertz CT molecular complexity index is 591. The lowest BCUT2D eigenvalue weighted by Gasteiger charge is -2.02. The summed E-state index contributed by atoms with van der Waals surface area (Å²) >= 11 is 3.23. The average Bonchev–Trinajstić information content (AvgIpc) is 2.71. The summed E-state index contributed by atoms with van der Waals surface area (Å²) in [7, 11) is 0. The second kappa shape index (κ2) is 2.76. The number of ketones is 1. The molecule has 1 aliphatic heterocycles. The fourth-order valence-corrected chi connectivity index (χ4v) is 2.35. The Morgan fingerprint density at radius 3 is 3.00 bits per heavy atom. The molecule has 0 radical (unpaired) electrons. The van der Waals surface area contributed by atoms with Gasteiger partial charge in [-0.05, 0) is 34.1 Å². The number of carbonyl (C=O) groups excluding carboxylic acids is 1. The van der Waals surface area contributed by atoms with E-state index in [0.29, 0.717) is 21.4 Å². The summed E-state index contributed by atoms with van der Waals surface area (Å²) in [4.78, 5) is 11.8. The van der Waals surface area contributed by atoms with Crippen molar-refractivity contribution in [1.29, 1.82) is 0 Å². The van der Waals surface area contributed by atoms with Gasteiger partial charge in [0.05, 0.1) is 17.4 Å². The van der Waals surface area contributed by atoms with Crippen molar-refractivity contribution in [3.8, 4) is 5.69 Å². The SMILES string of the molecule is O=C1c2cc(F)cc(Br)c2-n2nccc21. The molecule has 0 unspecified atom stereocenters. The molecule has 1 aromatic carbocycles. The van der Waals surface area contributed by atoms with Crippen LogP contribution in [0.15, 0.2) is 28.9 Å². The van der Waals surface area contributed by atoms with E-state index in [2.05, 4.69) is 21.0 Å². The molecular weight excluding hydrogens is 263 g/mol. The van der Waals surface area contributed by atoms with E-state index in [0.717, 1.165) is 0 Å². The van der Waals surface area contributed by atoms with Crippen molar-refractivity contribution in [2.75, 3.05) is 0 Å². The molecule has 1 aliphatic rings. The topological polar surface area (TPSA) is 34.9 Å². The first-order valence-corrected chi connectivity index (χ1v) is 5.06. The third-order valence-electron chi connectivity index (χ3n) is 2.36. The number of hydrogen-bond donors (Lipinski definition) is 0. The van der Waals surface area contributed by atoms with Crippen LogP contribution in [-0.4, -0.2) is 15.6 Å². The first-order valence-electron chi connectivity index (χ1n) is 4.26. The van der Waals surface area contributed by atoms with Gasteiger partial charge in [0, 0.05) is 4.47 Å². The summed E-state index contributed by atoms with van der Waals surface area (Å²) in [5.41, 5.74) is 1.43. The number of nitrogens with zero attached hydrogens (tertiary/aromatic N) is 2. The first kappa shape index (κ1) is 8.79. The largest absolute Gasteiger partial charge is 0.287 e. The molecule has 0 aliphatic carbocycles. The molecule has 0 N–H and O–H groups in total. The van der Waals surface area contributed by atoms with Gasteiger partial charge in [-0.3, -0.25) is 4.79 Å². The Balaban J connectivity index is 2.43. The summed E-state index contributed by atoms with van der Waals surface area (Å²) in [6, 6.07) is 4.17. The molecule has 2 heterocycles. The van der Waals surface area contributed by atoms with Crippen LogP contribution < -0.4 is 0 Å². The van der Waals surface area contributed by atoms with Gasteiger partial charge in [-0.25, -0.2) is 9.07 Å². The van der Waals surface area contributed by atoms with Crippen molar-refractivity contribution in [2.45, 2.75) is 0 Å². The molecule has 15 heavy (non-hydrogen) atoms. The van der Waals surface area contributed by atoms with Gasteiger partial charge in [0.1, 0.15) is 11.5 Å². The minimum Gasteiger partial charge on any atom is -0.287 e. The van der Waals surface area contributed by atoms with Crippen LogP contribution in [-0.2, 0) is 0 Å². The predicted octanol–water partition coefficient (Wildman–Crippen LogP) is 2.32. The standard InChI is InChI=1S/C10H4BrFN2O/c11-7-4-5(12)3-6-9(7)14-8(10(6)15)1-2-13-14/h1-4H. The van der Waals surface area contributed by atoms with E-state index in [-0.39, 0.29) is 5.78 Å². The monoisotopic (exact) mass is 266 g/mol. The molecule has 2 aromatic rings. The highest BCUT2D eigenvalue weighted by Crippen LogP contribution is 2.33. The normalized spacial score (nSPS) is 12.8. The number of benzene rings is 1. The summed E-state index contributed by atoms with van der Waals surface area (Å²) in [5, 5.41) is 4.02. The minimum atomic E-state index is -0.431. The maximum Gasteiger partial charge on any atom is 0.213 e. The number of rotatable bonds is 0. The smallest absolute Gasteiger partial charge is 0.213 e. The van der Waals surface area contributed by atoms with Crippen LogP contribution in [0, 0.1) is 5.82 Å². The van der Waals surface area contributed by atoms with Gasteiger partial charge in [0.15, 0.2) is 0 Å². The van der Waals surface area contributed by atoms with Crippen LogP contribution in [0.3, 0.4) is 0 Å². The molecule has 1 aromatic heterocycles. The Labute approximate surface area is 92.6 Å². The fourth-order valence-electron chi connectivity index (χ4n) is 1.75. The van der Waals surface area contributed by atoms with Crippen molar-refractivity contribution in [1.82, 2.24) is 9.78 Å². The molecule has 5 heteroatoms. The zero-order chi connectivity index (χ0) is 10.6. The molecule has 0 bridgehead atoms. The highest BCUT2D eigenvalue weighted by Gasteiger charge is 2.29. The van der Waals surface area contributed by atoms with Crippen molar-refractivity contribution in [2.24, 2.45) is 0 Å². The van der Waals surface area contributed by atoms with Crippen molar-refractivity contribution < 1.29 is 9.18 Å². The zero-order valence-corrected chi connectivity index (χ0v) is 8.95. The van der Waals surface area contributed by atoms with Crippen molar-refractivity contribution >= 4 is 21.7 Å². The molecular formula is C10H4BrFN2O. The summed E-state index contributed by atoms with van der Waals surface area (Å²) in [5.74, 6) is -0.623. The molecule has 74 valence electrons. The van der Waals surface area contributed by atoms with Gasteiger partial charge < -0.3 is 0 Å². The fraction of sp³-hybridized carbons (Fsp3) is 0. The number of hydrogen-bond acceptors (Lipinski definition) is 2. The van der Waals surface area contributed by atoms with Gasteiger partial charge in [0.25, 0.3) is 0 Å². The van der Waals surface area contributed by atoms with E-state index in [1.54, 1.807) is 12.3 Å². The van der Waals surface area contributed by atoms with Crippen LogP contribution in [0.2, 0.25) is 0 Å². The Morgan fingerprint density at radius 2 is 2.20 bits per heavy atom. The van der Waals surface area contributed by atoms with E-state index >= 15 is 0 Å². The van der Waals surface area contributed by atoms with Gasteiger partial charge in [0.2, 0.25) is 5.78 Å². The highest BCUT2D eigenvalue weighted by atomic mass is 79.9. The Hall–Kier alpha value is -1.49. The second-order valence-corrected chi connectivity index (χ2v) is 4.10. The van der Waals surface area contributed by atoms with E-state index in [1.807, 2.05) is 0 Å². The van der Waals surface area contributed by atoms with Gasteiger partial charge >= 0.3 is 0 Å². The van der Waals surface area contributed by atoms with Crippen LogP contribution in [0.1, 0.15) is 16.1 Å². The van der Waals surface area contributed by atoms with Crippen molar-refractivity contribution in [3.05, 3.63) is 45.9 Å². The Kier molecular flexibility index (Phi) is 1.62. The highest BCUT2D eigenvalue weighted by molar-refractivity contribution is 9.10. The van der Waals surface area contributed by atoms with E-state index in [1.165, 1.54) is 16.8 Å². The minimum absolute atomic E-state index is 0.192. The second-order valence-electron chi connectivity index (χ2n) is 3.24. The van der Waals surface area contributed by atoms with Crippen LogP contribution in [0.4, 0.5) is 4.39 Å². The van der Waals surface area contributed by atoms with Crippen LogP contribution >= 0.6 is 15.9 Å². The molecule has 0 spiro atoms. The van der Waals surface area contributed by atoms with Crippen molar-refractivity contribution in [3.63, 3.8) is 0 Å². The summed E-state index contributed by atoms with van der Waals surface area (Å²) < 4.78 is 15.2. The maximum absolute atomic E-state index is 13.1. The quantitative estimate of drug-likeness (QED) is 0.626. The van der Waals surface area contributed by atoms with Gasteiger partial charge in [-0.2, -0.15) is 5.10 Å². The zero-order valence-electron chi connectivity index (χ0n) is 7.37. The lowest BCUT2D eigenvalue weighted by molar-refractivity contribution is 0.103. The Morgan fingerprint density at radius 1 is 1.40 bits per heavy atom. The summed E-state index contributed by atoms with van der Waals surface area (Å²) in [6.45, 7) is 0. The summed E-state index contributed by atoms with van der Waals surface area (Å²) in [6.07, 6.45) is 1.55. The molecule has 0 fully saturated rings. The number of carbonyl (C=O) groups is 1. The van der Waals surface area contributed by atoms with Crippen LogP contribution in [0.25, 0.3) is 5.69 Å². The molecule has 0 amide bonds. The third-order valence-corrected chi connectivity index (χ3v) is 2.96. The molecule has 3 rings (SSSR count). The molecule has 0 saturated heterocycles. The third kappa shape index (κ3) is 1.04. The van der Waals surface area contributed by atoms with E-state index in [9.17, 15) is 9.18 Å². The van der Waals surface area contributed by atoms with Crippen LogP contribution in [0.5, 0.6) is 0 Å². The lowest BCUT2D eigenvalue weighted by Crippen LogP contribution is -1.95. The van der Waals surface area contributed by atoms with Gasteiger partial charge in [-0.15, -0.1) is 0 Å². The number of aromatic nitrogens is 2. The predicted molar refractivity (Wildman–Crippen MR) is 54.7 cm³/mol. The average molecular weight is 267 g/mol. The first-order chi connectivity index (χ1) is 7.18. The molecule has 0 atom stereocenters. The molecule has 0 saturated carbocycles. The molecule has 3 nitrogen and oxygen atoms in total. The number of halogens is 2. The van der Waals surface area contributed by atoms with E-state index in [4.69, 9.17) is 0 Å². The van der Waals surface area contributed by atoms with E-state index < -0.39 is 5.82 Å². The maximum atomic E-state index is 13.1. The number of fused-ring (bicyclic) bond motifs is 3.